The van der Waals surface area contributed by atoms with Gasteiger partial charge in [-0.3, -0.25) is 23.3 Å². The van der Waals surface area contributed by atoms with E-state index >= 15 is 8.78 Å². The summed E-state index contributed by atoms with van der Waals surface area (Å²) in [5.41, 5.74) is 16.1. The number of amides is 3. The number of hydrogen-bond donors (Lipinski definition) is 11. The van der Waals surface area contributed by atoms with Crippen LogP contribution in [0.5, 0.6) is 0 Å². The van der Waals surface area contributed by atoms with Crippen molar-refractivity contribution in [2.24, 2.45) is 5.73 Å². The minimum atomic E-state index is -3.95. The van der Waals surface area contributed by atoms with Gasteiger partial charge in [-0.25, -0.2) is 62.2 Å². The van der Waals surface area contributed by atoms with Gasteiger partial charge in [-0.05, 0) is 314 Å². The average Bonchev–Trinajstić information content (AvgIpc) is 1.57. The SMILES string of the molecule is C[C@@H](Cc1c[nH]c2ccc(Cl)cc12)NC(=O)OC(C)(C)C.C[C@H](N)Cc1c[nH]c2ccc(Cl)cc12.C[C@H]1COS(=O)(=O)N1C(=O)OC(C)(C)C.C[C@H]1Cc2c([nH]c3ccc(Cl)cc23)[C@H](c2ccc(S(=O)(=O)NC3CC3)cc2F)N1.C[C@H]1Cc2c([nH]c3ccc(Cl)cc23)[C@H](c2ccc(S(=O)(=O)NC3CC3)cc2F)N1C(=O)CCl.Clc1ccc2[nH]ccc2c1.F.O=C(Cl)CCl.O=Cc1ccc(S(=O)(=O)NC2CC2)cc1F.PI. The van der Waals surface area contributed by atoms with Gasteiger partial charge in [-0.1, -0.05) is 99.1 Å². The summed E-state index contributed by atoms with van der Waals surface area (Å²) in [4.78, 5) is 73.4. The highest BCUT2D eigenvalue weighted by Crippen LogP contribution is 2.44. The highest BCUT2D eigenvalue weighted by atomic mass is 127. The number of alkyl carbamates (subject to hydrolysis) is 1. The van der Waals surface area contributed by atoms with E-state index in [1.165, 1.54) is 35.2 Å². The lowest BCUT2D eigenvalue weighted by Crippen LogP contribution is -2.47. The Balaban J connectivity index is 0.000000178. The molecule has 8 aromatic carbocycles. The van der Waals surface area contributed by atoms with Crippen LogP contribution in [0.1, 0.15) is 182 Å². The molecule has 3 aliphatic heterocycles. The Morgan fingerprint density at radius 3 is 1.40 bits per heavy atom. The number of H-pyrrole nitrogens is 5. The normalized spacial score (nSPS) is 17.6. The number of nitrogens with zero attached hydrogens (tertiary/aromatic N) is 2. The summed E-state index contributed by atoms with van der Waals surface area (Å²) in [5, 5.41) is 14.6. The van der Waals surface area contributed by atoms with E-state index in [-0.39, 0.29) is 97.1 Å². The first-order valence-corrected chi connectivity index (χ1v) is 59.0. The zero-order chi connectivity index (χ0) is 106. The van der Waals surface area contributed by atoms with Crippen LogP contribution >= 0.6 is 122 Å². The Hall–Kier alpha value is -8.43. The smallest absolute Gasteiger partial charge is 0.426 e. The monoisotopic (exact) mass is 2380 g/mol. The topological polar surface area (TPSA) is 421 Å². The molecule has 6 aliphatic rings. The number of ether oxygens (including phenoxy) is 2. The Kier molecular flexibility index (Phi) is 42.2. The number of aromatic nitrogens is 5. The largest absolute Gasteiger partial charge is 0.444 e. The van der Waals surface area contributed by atoms with Gasteiger partial charge in [-0.2, -0.15) is 12.7 Å². The number of carbonyl (C=O) groups is 5. The molecule has 790 valence electrons. The third kappa shape index (κ3) is 32.8. The maximum atomic E-state index is 15.5. The molecule has 5 aromatic heterocycles. The van der Waals surface area contributed by atoms with Gasteiger partial charge in [0, 0.05) is 163 Å². The molecular weight excluding hydrogens is 2270 g/mol. The maximum absolute atomic E-state index is 15.5. The highest BCUT2D eigenvalue weighted by molar-refractivity contribution is 14.2. The number of fused-ring (bicyclic) bond motifs is 9. The summed E-state index contributed by atoms with van der Waals surface area (Å²) >= 11 is 47.7. The lowest BCUT2D eigenvalue weighted by molar-refractivity contribution is -0.133. The van der Waals surface area contributed by atoms with E-state index in [0.29, 0.717) is 49.8 Å². The van der Waals surface area contributed by atoms with Gasteiger partial charge in [0.1, 0.15) is 40.6 Å². The first kappa shape index (κ1) is 119. The molecule has 0 radical (unpaired) electrons. The summed E-state index contributed by atoms with van der Waals surface area (Å²) in [5.74, 6) is -2.75. The van der Waals surface area contributed by atoms with E-state index in [1.54, 1.807) is 44.7 Å². The number of sulfonamides is 3. The number of aldehydes is 1. The zero-order valence-electron chi connectivity index (χ0n) is 80.9. The number of rotatable bonds is 19. The second-order valence-corrected chi connectivity index (χ2v) is 47.1. The van der Waals surface area contributed by atoms with Crippen molar-refractivity contribution >= 4 is 246 Å². The van der Waals surface area contributed by atoms with Crippen molar-refractivity contribution < 1.29 is 89.2 Å². The number of aromatic amines is 5. The lowest BCUT2D eigenvalue weighted by atomic mass is 9.88. The van der Waals surface area contributed by atoms with E-state index in [2.05, 4.69) is 89.7 Å². The molecule has 3 amide bonds. The molecule has 4 fully saturated rings. The summed E-state index contributed by atoms with van der Waals surface area (Å²) < 4.78 is 163. The summed E-state index contributed by atoms with van der Waals surface area (Å²) in [6.07, 6.45) is 12.7. The number of benzene rings is 8. The predicted molar refractivity (Wildman–Crippen MR) is 582 cm³/mol. The minimum absolute atomic E-state index is 0. The minimum Gasteiger partial charge on any atom is -0.444 e. The molecule has 12 N–H and O–H groups in total. The number of nitrogens with one attached hydrogen (secondary N) is 10. The van der Waals surface area contributed by atoms with Crippen LogP contribution in [0.15, 0.2) is 185 Å². The molecule has 8 atom stereocenters. The first-order valence-electron chi connectivity index (χ1n) is 45.7. The number of nitrogens with two attached hydrogens (primary N) is 1. The average molecular weight is 2390 g/mol. The van der Waals surface area contributed by atoms with Gasteiger partial charge < -0.3 is 55.7 Å². The molecule has 3 saturated carbocycles. The number of hydrogen-bond acceptors (Lipinski definition) is 18. The Morgan fingerprint density at radius 1 is 0.555 bits per heavy atom. The van der Waals surface area contributed by atoms with Crippen LogP contribution in [0.4, 0.5) is 27.5 Å². The van der Waals surface area contributed by atoms with Gasteiger partial charge >= 0.3 is 22.5 Å². The van der Waals surface area contributed by atoms with E-state index in [4.69, 9.17) is 108 Å². The summed E-state index contributed by atoms with van der Waals surface area (Å²) in [6, 6.07) is 39.9. The second kappa shape index (κ2) is 51.6. The molecule has 13 aromatic rings. The zero-order valence-corrected chi connectivity index (χ0v) is 93.5. The second-order valence-electron chi connectivity index (χ2n) is 37.4. The molecule has 8 heterocycles. The van der Waals surface area contributed by atoms with Crippen molar-refractivity contribution in [1.82, 2.24) is 58.9 Å². The lowest BCUT2D eigenvalue weighted by Gasteiger charge is -2.41. The summed E-state index contributed by atoms with van der Waals surface area (Å²) in [6.45, 7) is 22.4. The van der Waals surface area contributed by atoms with E-state index < -0.39 is 105 Å². The Bertz CT molecular complexity index is 7360. The Labute approximate surface area is 900 Å². The van der Waals surface area contributed by atoms with Crippen molar-refractivity contribution in [1.29, 1.82) is 0 Å². The molecule has 29 nitrogen and oxygen atoms in total. The standard InChI is InChI=1S/C23H22Cl2FN3O3S.C21H21ClFN3O2S.C16H21ClN2O2.C11H13ClN2.C10H10FNO3S.C8H6ClN.C8H15NO5S.C2H2Cl2O.FH.H2IP/c1-12-8-18-17-9-13(25)2-7-20(17)27-22(18)23(29(12)21(30)11-24)16-6-5-15(10-19(16)26)33(31,32)28-14-3-4-14;1-11-8-17-16-9-12(22)2-7-19(16)25-21(17)20(24-11)15-6-5-14(10-18(15)23)29(27,28)26-13-3-4-13;1-10(19-15(20)21-16(2,3)4)7-11-9-18-14-6-5-12(17)8-13(11)14;1-7(13)4-8-6-14-11-3-2-9(12)5-10(8)11;11-10-5-9(4-1-7(10)6-13)16(14,15)12-8-2-3-8;9-7-1-2-8-6(5-7)3-4-10-8;1-6-5-13-15(11,12)9(6)7(10)14-8(2,3)4;3-1-2(4)5;;1-2/h2,5-7,9-10,12,14,23,27-28H,3-4,8,11H2,1H3;2,5-7,9-11,13,20,24-26H,3-4,8H2,1H3;5-6,8-10,18H,7H2,1-4H3,(H,19,20);2-3,5-7,14H,4,13H2,1H3;1,4-6,8,12H,2-3H2;1-5,10H;6H,5H2,1-4H3;1H2;1H;2H2/t12-,23-;11-,20-;10-;7-;;;6-;;;/m0000..0.../s1. The third-order valence-corrected chi connectivity index (χ3v) is 30.7. The number of halogens is 13. The van der Waals surface area contributed by atoms with Crippen LogP contribution in [-0.4, -0.2) is 175 Å². The van der Waals surface area contributed by atoms with Crippen LogP contribution in [0.25, 0.3) is 54.5 Å². The van der Waals surface area contributed by atoms with E-state index in [0.717, 1.165) is 157 Å². The van der Waals surface area contributed by atoms with Gasteiger partial charge in [0.15, 0.2) is 6.29 Å². The quantitative estimate of drug-likeness (QED) is 0.00894. The van der Waals surface area contributed by atoms with Crippen LogP contribution in [0.3, 0.4) is 0 Å². The van der Waals surface area contributed by atoms with Gasteiger partial charge in [0.25, 0.3) is 0 Å². The molecule has 1 unspecified atom stereocenters. The van der Waals surface area contributed by atoms with Gasteiger partial charge in [0.2, 0.25) is 41.2 Å². The van der Waals surface area contributed by atoms with Gasteiger partial charge in [0.05, 0.1) is 44.8 Å². The number of alkyl halides is 2. The fraction of sp³-hybridized carbons (Fsp3) is 0.364. The Morgan fingerprint density at radius 2 is 0.979 bits per heavy atom. The molecule has 0 bridgehead atoms. The predicted octanol–water partition coefficient (Wildman–Crippen LogP) is 22.7. The van der Waals surface area contributed by atoms with Crippen molar-refractivity contribution in [3.05, 3.63) is 263 Å². The molecule has 0 spiro atoms. The fourth-order valence-electron chi connectivity index (χ4n) is 16.0. The summed E-state index contributed by atoms with van der Waals surface area (Å²) in [7, 11) is -15.1. The van der Waals surface area contributed by atoms with Crippen LogP contribution < -0.4 is 30.5 Å². The maximum Gasteiger partial charge on any atom is 0.426 e. The van der Waals surface area contributed by atoms with E-state index in [1.807, 2.05) is 151 Å². The van der Waals surface area contributed by atoms with Crippen molar-refractivity contribution in [3.8, 4) is 0 Å². The van der Waals surface area contributed by atoms with Crippen LogP contribution in [0, 0.1) is 17.5 Å². The molecular formula is C99H113Cl8F4IN13O16PS4. The third-order valence-electron chi connectivity index (χ3n) is 22.8. The van der Waals surface area contributed by atoms with Crippen LogP contribution in [0.2, 0.25) is 25.1 Å². The number of carbonyl (C=O) groups excluding carboxylic acids is 5. The molecule has 146 heavy (non-hydrogen) atoms. The molecule has 47 heteroatoms. The highest BCUT2D eigenvalue weighted by Gasteiger charge is 2.44. The van der Waals surface area contributed by atoms with Crippen LogP contribution in [-0.2, 0) is 89.3 Å². The fourth-order valence-corrected chi connectivity index (χ4v) is 22.1. The van der Waals surface area contributed by atoms with Crippen molar-refractivity contribution in [3.63, 3.8) is 0 Å². The van der Waals surface area contributed by atoms with Crippen molar-refractivity contribution in [2.45, 2.75) is 227 Å². The first-order chi connectivity index (χ1) is 68.2. The van der Waals surface area contributed by atoms with Gasteiger partial charge in [-0.15, -0.1) is 23.2 Å². The van der Waals surface area contributed by atoms with E-state index in [9.17, 15) is 62.0 Å². The molecule has 19 rings (SSSR count). The molecule has 1 saturated heterocycles. The van der Waals surface area contributed by atoms with Crippen molar-refractivity contribution in [2.75, 3.05) is 18.4 Å². The molecule has 3 aliphatic carbocycles.